The van der Waals surface area contributed by atoms with Crippen LogP contribution in [0.3, 0.4) is 0 Å². The lowest BCUT2D eigenvalue weighted by atomic mass is 10.0. The summed E-state index contributed by atoms with van der Waals surface area (Å²) in [4.78, 5) is 33.6. The number of sulfonamides is 1. The van der Waals surface area contributed by atoms with Crippen LogP contribution in [0.4, 0.5) is 4.39 Å². The molecule has 0 aliphatic rings. The number of allylic oxidation sites excluding steroid dienone is 2. The number of nitrogens with zero attached hydrogens (tertiary/aromatic N) is 3. The van der Waals surface area contributed by atoms with Crippen LogP contribution in [0.15, 0.2) is 75.1 Å². The van der Waals surface area contributed by atoms with E-state index in [9.17, 15) is 22.4 Å². The number of amides is 1. The van der Waals surface area contributed by atoms with Crippen LogP contribution in [0.25, 0.3) is 16.5 Å². The average Bonchev–Trinajstić information content (AvgIpc) is 2.93. The molecule has 0 aliphatic heterocycles. The van der Waals surface area contributed by atoms with Crippen LogP contribution >= 0.6 is 11.6 Å². The molecule has 0 unspecified atom stereocenters. The molecule has 10 nitrogen and oxygen atoms in total. The number of aromatic nitrogens is 2. The number of fused-ring (bicyclic) bond motifs is 1. The van der Waals surface area contributed by atoms with E-state index in [0.717, 1.165) is 18.2 Å². The van der Waals surface area contributed by atoms with E-state index in [2.05, 4.69) is 26.7 Å². The predicted octanol–water partition coefficient (Wildman–Crippen LogP) is 4.50. The van der Waals surface area contributed by atoms with Crippen LogP contribution in [-0.4, -0.2) is 44.2 Å². The van der Waals surface area contributed by atoms with E-state index in [4.69, 9.17) is 16.3 Å². The maximum absolute atomic E-state index is 13.5. The zero-order chi connectivity index (χ0) is 31.2. The summed E-state index contributed by atoms with van der Waals surface area (Å²) in [5.41, 5.74) is 1.17. The van der Waals surface area contributed by atoms with Crippen molar-refractivity contribution in [1.29, 1.82) is 0 Å². The number of carbonyl (C=O) groups excluding carboxylic acids is 1. The number of ether oxygens (including phenoxy) is 1. The van der Waals surface area contributed by atoms with E-state index < -0.39 is 21.8 Å². The highest BCUT2D eigenvalue weighted by Crippen LogP contribution is 2.25. The van der Waals surface area contributed by atoms with Gasteiger partial charge in [0.2, 0.25) is 11.8 Å². The molecule has 0 fully saturated rings. The summed E-state index contributed by atoms with van der Waals surface area (Å²) < 4.78 is 48.7. The van der Waals surface area contributed by atoms with Crippen molar-refractivity contribution in [3.8, 4) is 0 Å². The molecule has 3 aromatic rings. The van der Waals surface area contributed by atoms with Crippen LogP contribution in [0.2, 0.25) is 5.02 Å². The Morgan fingerprint density at radius 3 is 2.57 bits per heavy atom. The molecule has 224 valence electrons. The molecule has 1 aromatic heterocycles. The van der Waals surface area contributed by atoms with E-state index in [0.29, 0.717) is 34.5 Å². The second-order valence-corrected chi connectivity index (χ2v) is 12.1. The number of aliphatic imine (C=N–C) groups is 1. The van der Waals surface area contributed by atoms with Crippen molar-refractivity contribution in [2.24, 2.45) is 16.8 Å². The van der Waals surface area contributed by atoms with E-state index >= 15 is 0 Å². The van der Waals surface area contributed by atoms with Crippen LogP contribution in [0, 0.1) is 17.7 Å². The number of nitrogens with one attached hydrogen (secondary N) is 2. The average molecular weight is 618 g/mol. The first-order valence-corrected chi connectivity index (χ1v) is 14.8. The lowest BCUT2D eigenvalue weighted by Gasteiger charge is -2.15. The van der Waals surface area contributed by atoms with Crippen molar-refractivity contribution >= 4 is 50.7 Å². The second-order valence-electron chi connectivity index (χ2n) is 10.1. The highest BCUT2D eigenvalue weighted by atomic mass is 35.5. The fraction of sp³-hybridized carbons (Fsp3) is 0.310. The molecular formula is C29H33ClFN5O5S. The van der Waals surface area contributed by atoms with Crippen molar-refractivity contribution < 1.29 is 22.3 Å². The fourth-order valence-corrected chi connectivity index (χ4v) is 5.56. The Balaban J connectivity index is 1.99. The molecule has 2 N–H and O–H groups in total. The minimum atomic E-state index is -4.29. The first-order chi connectivity index (χ1) is 19.8. The Bertz CT molecular complexity index is 1730. The summed E-state index contributed by atoms with van der Waals surface area (Å²) in [5.74, 6) is -1.14. The van der Waals surface area contributed by atoms with Crippen molar-refractivity contribution in [2.75, 3.05) is 13.7 Å². The third-order valence-corrected chi connectivity index (χ3v) is 8.09. The number of hydrogen-bond donors (Lipinski definition) is 2. The summed E-state index contributed by atoms with van der Waals surface area (Å²) in [6.07, 6.45) is 2.87. The monoisotopic (exact) mass is 617 g/mol. The van der Waals surface area contributed by atoms with Gasteiger partial charge in [0, 0.05) is 13.1 Å². The van der Waals surface area contributed by atoms with Crippen LogP contribution in [-0.2, 0) is 26.1 Å². The minimum absolute atomic E-state index is 0.0738. The Morgan fingerprint density at radius 2 is 1.95 bits per heavy atom. The fourth-order valence-electron chi connectivity index (χ4n) is 3.98. The smallest absolute Gasteiger partial charge is 0.263 e. The SMILES string of the molecule is C=N/C(OC)=C(\C=C(/C)c1ccc2ncn(C[C@H](C)C(=O)NCC(C)C)c(=O)c2c1)NS(=O)(=O)c1ccc(F)cc1Cl. The molecule has 1 amide bonds. The molecule has 1 heterocycles. The van der Waals surface area contributed by atoms with Gasteiger partial charge in [-0.25, -0.2) is 22.8 Å². The number of hydrogen-bond acceptors (Lipinski definition) is 7. The molecule has 2 aromatic carbocycles. The maximum Gasteiger partial charge on any atom is 0.263 e. The first-order valence-electron chi connectivity index (χ1n) is 13.0. The van der Waals surface area contributed by atoms with E-state index in [1.807, 2.05) is 13.8 Å². The van der Waals surface area contributed by atoms with Gasteiger partial charge >= 0.3 is 0 Å². The second kappa shape index (κ2) is 13.8. The molecule has 13 heteroatoms. The topological polar surface area (TPSA) is 132 Å². The lowest BCUT2D eigenvalue weighted by molar-refractivity contribution is -0.125. The molecule has 0 radical (unpaired) electrons. The highest BCUT2D eigenvalue weighted by molar-refractivity contribution is 7.89. The van der Waals surface area contributed by atoms with Crippen LogP contribution in [0.5, 0.6) is 0 Å². The summed E-state index contributed by atoms with van der Waals surface area (Å²) in [6, 6.07) is 7.93. The molecule has 42 heavy (non-hydrogen) atoms. The summed E-state index contributed by atoms with van der Waals surface area (Å²) in [5, 5.41) is 2.88. The Labute approximate surface area is 249 Å². The normalized spacial score (nSPS) is 13.5. The van der Waals surface area contributed by atoms with E-state index in [1.165, 1.54) is 24.1 Å². The third kappa shape index (κ3) is 7.83. The van der Waals surface area contributed by atoms with Crippen molar-refractivity contribution in [1.82, 2.24) is 19.6 Å². The number of benzene rings is 2. The number of rotatable bonds is 12. The molecule has 0 bridgehead atoms. The first kappa shape index (κ1) is 32.5. The van der Waals surface area contributed by atoms with Gasteiger partial charge in [0.05, 0.1) is 35.3 Å². The van der Waals surface area contributed by atoms with Gasteiger partial charge in [-0.05, 0) is 67.1 Å². The summed E-state index contributed by atoms with van der Waals surface area (Å²) in [7, 11) is -3.00. The van der Waals surface area contributed by atoms with Gasteiger partial charge in [0.15, 0.2) is 0 Å². The van der Waals surface area contributed by atoms with Crippen molar-refractivity contribution in [2.45, 2.75) is 39.1 Å². The standard InChI is InChI=1S/C29H33ClFN5O5S/c1-17(2)14-33-27(37)19(4)15-36-16-34-24-9-7-20(12-22(24)29(36)38)18(3)11-25(28(32-5)41-6)35-42(39,40)26-10-8-21(31)13-23(26)30/h7-13,16-17,19,35H,5,14-15H2,1-4,6H3,(H,33,37)/b18-11+,28-25-/t19-/m0/s1. The van der Waals surface area contributed by atoms with E-state index in [-0.39, 0.29) is 39.5 Å². The Morgan fingerprint density at radius 1 is 1.24 bits per heavy atom. The minimum Gasteiger partial charge on any atom is -0.480 e. The zero-order valence-corrected chi connectivity index (χ0v) is 25.5. The largest absolute Gasteiger partial charge is 0.480 e. The van der Waals surface area contributed by atoms with Crippen molar-refractivity contribution in [3.63, 3.8) is 0 Å². The quantitative estimate of drug-likeness (QED) is 0.175. The summed E-state index contributed by atoms with van der Waals surface area (Å²) in [6.45, 7) is 11.5. The zero-order valence-electron chi connectivity index (χ0n) is 23.9. The van der Waals surface area contributed by atoms with Crippen molar-refractivity contribution in [3.05, 3.63) is 87.1 Å². The maximum atomic E-state index is 13.5. The molecule has 0 aliphatic carbocycles. The Hall–Kier alpha value is -4.03. The predicted molar refractivity (Wildman–Crippen MR) is 162 cm³/mol. The van der Waals surface area contributed by atoms with Gasteiger partial charge in [-0.15, -0.1) is 0 Å². The van der Waals surface area contributed by atoms with Crippen LogP contribution in [0.1, 0.15) is 33.3 Å². The Kier molecular flexibility index (Phi) is 10.6. The summed E-state index contributed by atoms with van der Waals surface area (Å²) >= 11 is 5.99. The molecule has 0 saturated heterocycles. The molecule has 0 saturated carbocycles. The van der Waals surface area contributed by atoms with Gasteiger partial charge in [0.1, 0.15) is 16.4 Å². The third-order valence-electron chi connectivity index (χ3n) is 6.24. The highest BCUT2D eigenvalue weighted by Gasteiger charge is 2.22. The van der Waals surface area contributed by atoms with Crippen LogP contribution < -0.4 is 15.6 Å². The van der Waals surface area contributed by atoms with Gasteiger partial charge in [-0.2, -0.15) is 0 Å². The van der Waals surface area contributed by atoms with Gasteiger partial charge in [0.25, 0.3) is 15.6 Å². The molecule has 3 rings (SSSR count). The lowest BCUT2D eigenvalue weighted by Crippen LogP contribution is -2.35. The van der Waals surface area contributed by atoms with Gasteiger partial charge < -0.3 is 10.1 Å². The molecule has 1 atom stereocenters. The van der Waals surface area contributed by atoms with Gasteiger partial charge in [-0.3, -0.25) is 18.9 Å². The van der Waals surface area contributed by atoms with E-state index in [1.54, 1.807) is 32.0 Å². The molecular weight excluding hydrogens is 585 g/mol. The van der Waals surface area contributed by atoms with Gasteiger partial charge in [-0.1, -0.05) is 38.4 Å². The number of methoxy groups -OCH3 is 1. The number of carbonyl (C=O) groups is 1. The number of halogens is 2. The molecule has 0 spiro atoms.